The van der Waals surface area contributed by atoms with E-state index in [4.69, 9.17) is 21.5 Å². The van der Waals surface area contributed by atoms with Crippen LogP contribution >= 0.6 is 11.6 Å². The van der Waals surface area contributed by atoms with Crippen LogP contribution in [0.2, 0.25) is 5.15 Å². The van der Waals surface area contributed by atoms with Crippen molar-refractivity contribution in [1.29, 1.82) is 0 Å². The summed E-state index contributed by atoms with van der Waals surface area (Å²) in [7, 11) is -3.96. The molecule has 2 aromatic heterocycles. The molecule has 9 nitrogen and oxygen atoms in total. The molecule has 0 aliphatic carbocycles. The van der Waals surface area contributed by atoms with Crippen LogP contribution in [0.3, 0.4) is 0 Å². The maximum absolute atomic E-state index is 10.8. The molecule has 1 aliphatic rings. The summed E-state index contributed by atoms with van der Waals surface area (Å²) in [5, 5.41) is 5.05. The topological polar surface area (TPSA) is 122 Å². The molecule has 0 aromatic carbocycles. The second-order valence-corrected chi connectivity index (χ2v) is 6.14. The maximum Gasteiger partial charge on any atom is 0.333 e. The van der Waals surface area contributed by atoms with E-state index in [1.807, 2.05) is 0 Å². The second kappa shape index (κ2) is 5.46. The SMILES string of the molecule is NS(=O)(=O)OC[C@@H]1CC[C@H](n2cnc3c(Cl)ncnc32)O1. The molecule has 11 heteroatoms. The molecule has 3 heterocycles. The van der Waals surface area contributed by atoms with Crippen LogP contribution in [-0.2, 0) is 19.2 Å². The summed E-state index contributed by atoms with van der Waals surface area (Å²) in [6.45, 7) is -0.113. The minimum Gasteiger partial charge on any atom is -0.352 e. The third kappa shape index (κ3) is 3.14. The molecule has 1 saturated heterocycles. The molecule has 3 rings (SSSR count). The van der Waals surface area contributed by atoms with Gasteiger partial charge in [0, 0.05) is 0 Å². The Morgan fingerprint density at radius 3 is 3.00 bits per heavy atom. The Bertz CT molecular complexity index is 764. The van der Waals surface area contributed by atoms with Crippen molar-refractivity contribution >= 4 is 33.1 Å². The first kappa shape index (κ1) is 14.6. The van der Waals surface area contributed by atoms with Crippen molar-refractivity contribution in [2.24, 2.45) is 5.14 Å². The molecule has 0 bridgehead atoms. The lowest BCUT2D eigenvalue weighted by molar-refractivity contribution is -0.0149. The van der Waals surface area contributed by atoms with E-state index in [-0.39, 0.29) is 24.1 Å². The van der Waals surface area contributed by atoms with Crippen molar-refractivity contribution in [3.05, 3.63) is 17.8 Å². The number of nitrogens with two attached hydrogens (primary N) is 1. The normalized spacial score (nSPS) is 23.0. The molecule has 0 radical (unpaired) electrons. The Morgan fingerprint density at radius 2 is 2.24 bits per heavy atom. The minimum absolute atomic E-state index is 0.113. The van der Waals surface area contributed by atoms with Crippen LogP contribution in [0, 0.1) is 0 Å². The van der Waals surface area contributed by atoms with Gasteiger partial charge in [0.25, 0.3) is 0 Å². The van der Waals surface area contributed by atoms with Crippen LogP contribution in [0.4, 0.5) is 0 Å². The van der Waals surface area contributed by atoms with E-state index < -0.39 is 10.3 Å². The van der Waals surface area contributed by atoms with Crippen LogP contribution in [0.25, 0.3) is 11.2 Å². The Kier molecular flexibility index (Phi) is 3.80. The summed E-state index contributed by atoms with van der Waals surface area (Å²) in [6, 6.07) is 0. The molecule has 1 fully saturated rings. The first-order valence-electron chi connectivity index (χ1n) is 6.09. The quantitative estimate of drug-likeness (QED) is 0.802. The van der Waals surface area contributed by atoms with Crippen LogP contribution in [0.5, 0.6) is 0 Å². The van der Waals surface area contributed by atoms with Crippen molar-refractivity contribution in [3.63, 3.8) is 0 Å². The van der Waals surface area contributed by atoms with E-state index in [9.17, 15) is 8.42 Å². The Hall–Kier alpha value is -1.33. The molecule has 114 valence electrons. The van der Waals surface area contributed by atoms with Gasteiger partial charge in [0.05, 0.1) is 19.0 Å². The molecule has 21 heavy (non-hydrogen) atoms. The summed E-state index contributed by atoms with van der Waals surface area (Å²) in [4.78, 5) is 12.1. The Morgan fingerprint density at radius 1 is 1.43 bits per heavy atom. The third-order valence-corrected chi connectivity index (χ3v) is 3.87. The number of ether oxygens (including phenoxy) is 1. The van der Waals surface area contributed by atoms with E-state index >= 15 is 0 Å². The highest BCUT2D eigenvalue weighted by atomic mass is 35.5. The van der Waals surface area contributed by atoms with Crippen LogP contribution in [0.1, 0.15) is 19.1 Å². The monoisotopic (exact) mass is 333 g/mol. The zero-order valence-corrected chi connectivity index (χ0v) is 12.3. The first-order chi connectivity index (χ1) is 9.94. The fourth-order valence-corrected chi connectivity index (χ4v) is 2.74. The van der Waals surface area contributed by atoms with Gasteiger partial charge in [-0.1, -0.05) is 11.6 Å². The zero-order chi connectivity index (χ0) is 15.0. The molecule has 2 N–H and O–H groups in total. The van der Waals surface area contributed by atoms with Crippen molar-refractivity contribution in [3.8, 4) is 0 Å². The van der Waals surface area contributed by atoms with Gasteiger partial charge < -0.3 is 4.74 Å². The van der Waals surface area contributed by atoms with Gasteiger partial charge in [-0.25, -0.2) is 20.1 Å². The van der Waals surface area contributed by atoms with Gasteiger partial charge in [-0.2, -0.15) is 8.42 Å². The lowest BCUT2D eigenvalue weighted by atomic mass is 10.2. The molecule has 2 aromatic rings. The molecule has 1 aliphatic heterocycles. The van der Waals surface area contributed by atoms with E-state index in [1.165, 1.54) is 6.33 Å². The van der Waals surface area contributed by atoms with E-state index in [0.29, 0.717) is 24.0 Å². The summed E-state index contributed by atoms with van der Waals surface area (Å²) in [5.74, 6) is 0. The van der Waals surface area contributed by atoms with Crippen molar-refractivity contribution < 1.29 is 17.3 Å². The highest BCUT2D eigenvalue weighted by molar-refractivity contribution is 7.84. The van der Waals surface area contributed by atoms with Gasteiger partial charge >= 0.3 is 10.3 Å². The molecular weight excluding hydrogens is 322 g/mol. The summed E-state index contributed by atoms with van der Waals surface area (Å²) in [5.41, 5.74) is 1.06. The van der Waals surface area contributed by atoms with Gasteiger partial charge in [-0.15, -0.1) is 0 Å². The number of hydrogen-bond donors (Lipinski definition) is 1. The fraction of sp³-hybridized carbons (Fsp3) is 0.500. The van der Waals surface area contributed by atoms with Crippen molar-refractivity contribution in [2.75, 3.05) is 6.61 Å². The fourth-order valence-electron chi connectivity index (χ4n) is 2.22. The molecule has 0 unspecified atom stereocenters. The van der Waals surface area contributed by atoms with Crippen molar-refractivity contribution in [2.45, 2.75) is 25.2 Å². The summed E-state index contributed by atoms with van der Waals surface area (Å²) >= 11 is 5.94. The smallest absolute Gasteiger partial charge is 0.333 e. The lowest BCUT2D eigenvalue weighted by Crippen LogP contribution is -2.23. The predicted molar refractivity (Wildman–Crippen MR) is 72.5 cm³/mol. The van der Waals surface area contributed by atoms with Gasteiger partial charge in [0.1, 0.15) is 18.1 Å². The summed E-state index contributed by atoms with van der Waals surface area (Å²) in [6.07, 6.45) is 3.56. The number of rotatable bonds is 4. The molecule has 0 saturated carbocycles. The van der Waals surface area contributed by atoms with Gasteiger partial charge in [-0.3, -0.25) is 8.75 Å². The van der Waals surface area contributed by atoms with E-state index in [1.54, 1.807) is 10.9 Å². The van der Waals surface area contributed by atoms with Gasteiger partial charge in [0.2, 0.25) is 0 Å². The molecular formula is C10H12ClN5O4S. The van der Waals surface area contributed by atoms with Crippen LogP contribution in [-0.4, -0.2) is 40.6 Å². The average Bonchev–Trinajstić information content (AvgIpc) is 3.02. The zero-order valence-electron chi connectivity index (χ0n) is 10.7. The van der Waals surface area contributed by atoms with Gasteiger partial charge in [-0.05, 0) is 12.8 Å². The Balaban J connectivity index is 1.75. The maximum atomic E-state index is 10.8. The number of hydrogen-bond acceptors (Lipinski definition) is 7. The van der Waals surface area contributed by atoms with Gasteiger partial charge in [0.15, 0.2) is 10.8 Å². The number of imidazole rings is 1. The number of aromatic nitrogens is 4. The van der Waals surface area contributed by atoms with Crippen LogP contribution < -0.4 is 5.14 Å². The first-order valence-corrected chi connectivity index (χ1v) is 7.94. The number of fused-ring (bicyclic) bond motifs is 1. The minimum atomic E-state index is -3.96. The molecule has 2 atom stereocenters. The highest BCUT2D eigenvalue weighted by Crippen LogP contribution is 2.31. The van der Waals surface area contributed by atoms with E-state index in [2.05, 4.69) is 19.1 Å². The highest BCUT2D eigenvalue weighted by Gasteiger charge is 2.29. The molecule has 0 spiro atoms. The van der Waals surface area contributed by atoms with Crippen molar-refractivity contribution in [1.82, 2.24) is 19.5 Å². The standard InChI is InChI=1S/C10H12ClN5O4S/c11-9-8-10(14-4-13-9)16(5-15-8)7-2-1-6(20-7)3-19-21(12,17)18/h4-7H,1-3H2,(H2,12,17,18)/t6-,7+/m0/s1. The second-order valence-electron chi connectivity index (χ2n) is 4.56. The van der Waals surface area contributed by atoms with E-state index in [0.717, 1.165) is 0 Å². The lowest BCUT2D eigenvalue weighted by Gasteiger charge is -2.14. The predicted octanol–water partition coefficient (Wildman–Crippen LogP) is 0.377. The number of nitrogens with zero attached hydrogens (tertiary/aromatic N) is 4. The third-order valence-electron chi connectivity index (χ3n) is 3.13. The number of halogens is 1. The van der Waals surface area contributed by atoms with Crippen LogP contribution in [0.15, 0.2) is 12.7 Å². The Labute approximate surface area is 125 Å². The largest absolute Gasteiger partial charge is 0.352 e. The summed E-state index contributed by atoms with van der Waals surface area (Å²) < 4.78 is 33.5. The molecule has 0 amide bonds. The average molecular weight is 334 g/mol.